The zero-order valence-corrected chi connectivity index (χ0v) is 35.0. The molecule has 2 unspecified atom stereocenters. The molecule has 2 N–H and O–H groups in total. The summed E-state index contributed by atoms with van der Waals surface area (Å²) in [5.41, 5.74) is 2.15. The normalized spacial score (nSPS) is 16.9. The standard InChI is InChI=1S/C38H46N10O8S2/c1-8-55-43-27(30-41-36(58-44-30)42-37(52)56-38(2,3)4)32(49)40-28-33(50)48-29(35(51)54-20-23-12-14-25(53-7)15-13-23)24(21-57-34(28)48)19-47-22-46(18-10-17-45(5)6)26-11-9-16-39-31(26)47/h9,11-16,22,28,34H,8,10,17-21H2,1-7H3,(H-,40,41,42,44,49,52)/p+1/b43-27-. The van der Waals surface area contributed by atoms with E-state index < -0.39 is 40.9 Å². The molecule has 308 valence electrons. The minimum atomic E-state index is -1.03. The summed E-state index contributed by atoms with van der Waals surface area (Å²) in [6.07, 6.45) is 3.88. The number of nitrogens with zero attached hydrogens (tertiary/aromatic N) is 8. The SMILES string of the molecule is CCO/N=C(\C(=O)NC1C(=O)N2C(C(=O)OCc3ccc(OC)cc3)=C(C[n+]3cn(CCCN(C)C)c4cccnc43)CSC12)c1nsc(NC(=O)OC(C)(C)C)n1. The fraction of sp³-hybridized carbons (Fsp3) is 0.447. The molecule has 2 aliphatic heterocycles. The number of β-lactam (4-membered cyclic amide) rings is 1. The Morgan fingerprint density at radius 2 is 1.91 bits per heavy atom. The maximum absolute atomic E-state index is 14.1. The number of carbonyl (C=O) groups excluding carboxylic acids is 4. The molecule has 3 aromatic heterocycles. The van der Waals surface area contributed by atoms with Crippen molar-refractivity contribution in [3.63, 3.8) is 0 Å². The molecule has 0 radical (unpaired) electrons. The van der Waals surface area contributed by atoms with Crippen LogP contribution in [0.5, 0.6) is 5.75 Å². The minimum Gasteiger partial charge on any atom is -0.497 e. The number of aryl methyl sites for hydroxylation is 1. The average molecular weight is 836 g/mol. The van der Waals surface area contributed by atoms with Gasteiger partial charge in [-0.1, -0.05) is 17.3 Å². The Morgan fingerprint density at radius 1 is 1.14 bits per heavy atom. The van der Waals surface area contributed by atoms with Crippen molar-refractivity contribution in [3.05, 3.63) is 71.6 Å². The number of amides is 3. The second-order valence-electron chi connectivity index (χ2n) is 14.6. The predicted octanol–water partition coefficient (Wildman–Crippen LogP) is 3.32. The number of carbonyl (C=O) groups is 4. The van der Waals surface area contributed by atoms with Crippen LogP contribution in [0.15, 0.2) is 65.3 Å². The molecule has 2 aliphatic rings. The summed E-state index contributed by atoms with van der Waals surface area (Å²) < 4.78 is 24.7. The lowest BCUT2D eigenvalue weighted by Crippen LogP contribution is -2.71. The van der Waals surface area contributed by atoms with Crippen LogP contribution >= 0.6 is 23.3 Å². The van der Waals surface area contributed by atoms with E-state index in [1.807, 2.05) is 37.1 Å². The van der Waals surface area contributed by atoms with Gasteiger partial charge in [0.05, 0.1) is 20.2 Å². The third kappa shape index (κ3) is 9.91. The van der Waals surface area contributed by atoms with E-state index in [0.717, 1.165) is 47.8 Å². The van der Waals surface area contributed by atoms with Crippen molar-refractivity contribution in [3.8, 4) is 5.75 Å². The van der Waals surface area contributed by atoms with Crippen LogP contribution < -0.4 is 19.9 Å². The van der Waals surface area contributed by atoms with Gasteiger partial charge in [-0.2, -0.15) is 9.36 Å². The maximum atomic E-state index is 14.1. The lowest BCUT2D eigenvalue weighted by atomic mass is 10.0. The van der Waals surface area contributed by atoms with Gasteiger partial charge in [-0.25, -0.2) is 14.2 Å². The molecule has 1 aromatic carbocycles. The number of oxime groups is 1. The van der Waals surface area contributed by atoms with E-state index in [9.17, 15) is 19.2 Å². The lowest BCUT2D eigenvalue weighted by Gasteiger charge is -2.49. The summed E-state index contributed by atoms with van der Waals surface area (Å²) in [7, 11) is 5.64. The number of nitrogens with one attached hydrogen (secondary N) is 2. The number of imidazole rings is 1. The first kappa shape index (κ1) is 42.0. The molecule has 5 heterocycles. The van der Waals surface area contributed by atoms with E-state index in [-0.39, 0.29) is 42.1 Å². The summed E-state index contributed by atoms with van der Waals surface area (Å²) in [6.45, 7) is 8.88. The van der Waals surface area contributed by atoms with Crippen molar-refractivity contribution in [2.45, 2.75) is 70.8 Å². The Balaban J connectivity index is 1.24. The number of benzene rings is 1. The quantitative estimate of drug-likeness (QED) is 0.0549. The first-order chi connectivity index (χ1) is 27.8. The van der Waals surface area contributed by atoms with E-state index in [2.05, 4.69) is 39.6 Å². The monoisotopic (exact) mass is 835 g/mol. The molecule has 4 aromatic rings. The highest BCUT2D eigenvalue weighted by Gasteiger charge is 2.55. The molecule has 0 bridgehead atoms. The smallest absolute Gasteiger partial charge is 0.414 e. The number of thioether (sulfide) groups is 1. The molecule has 18 nitrogen and oxygen atoms in total. The molecule has 0 spiro atoms. The number of rotatable bonds is 16. The number of esters is 1. The highest BCUT2D eigenvalue weighted by Crippen LogP contribution is 2.41. The molecular weight excluding hydrogens is 789 g/mol. The lowest BCUT2D eigenvalue weighted by molar-refractivity contribution is -0.665. The van der Waals surface area contributed by atoms with Gasteiger partial charge >= 0.3 is 17.7 Å². The second kappa shape index (κ2) is 18.3. The Kier molecular flexibility index (Phi) is 13.3. The van der Waals surface area contributed by atoms with Gasteiger partial charge in [-0.05, 0) is 78.0 Å². The largest absolute Gasteiger partial charge is 0.497 e. The number of methoxy groups -OCH3 is 1. The van der Waals surface area contributed by atoms with Gasteiger partial charge in [0.1, 0.15) is 47.9 Å². The Bertz CT molecular complexity index is 2210. The van der Waals surface area contributed by atoms with Gasteiger partial charge in [0.25, 0.3) is 11.8 Å². The maximum Gasteiger partial charge on any atom is 0.414 e. The van der Waals surface area contributed by atoms with Gasteiger partial charge in [0, 0.05) is 29.4 Å². The second-order valence-corrected chi connectivity index (χ2v) is 16.4. The van der Waals surface area contributed by atoms with Crippen LogP contribution in [0.4, 0.5) is 9.93 Å². The molecule has 1 fully saturated rings. The zero-order valence-electron chi connectivity index (χ0n) is 33.4. The summed E-state index contributed by atoms with van der Waals surface area (Å²) in [4.78, 5) is 71.8. The summed E-state index contributed by atoms with van der Waals surface area (Å²) in [5, 5.41) is 8.59. The van der Waals surface area contributed by atoms with Crippen LogP contribution in [-0.2, 0) is 48.4 Å². The van der Waals surface area contributed by atoms with E-state index in [4.69, 9.17) is 19.0 Å². The topological polar surface area (TPSA) is 196 Å². The number of fused-ring (bicyclic) bond motifs is 2. The number of ether oxygens (including phenoxy) is 3. The van der Waals surface area contributed by atoms with Crippen molar-refractivity contribution in [1.29, 1.82) is 0 Å². The summed E-state index contributed by atoms with van der Waals surface area (Å²) in [5.74, 6) is -1.07. The van der Waals surface area contributed by atoms with Crippen molar-refractivity contribution in [2.24, 2.45) is 5.16 Å². The third-order valence-corrected chi connectivity index (χ3v) is 10.8. The molecular formula is C38H47N10O8S2+. The Hall–Kier alpha value is -5.60. The van der Waals surface area contributed by atoms with Gasteiger partial charge in [0.15, 0.2) is 11.8 Å². The van der Waals surface area contributed by atoms with Gasteiger partial charge < -0.3 is 29.3 Å². The summed E-state index contributed by atoms with van der Waals surface area (Å²) in [6, 6.07) is 10.0. The molecule has 58 heavy (non-hydrogen) atoms. The number of aromatic nitrogens is 5. The molecule has 0 saturated carbocycles. The minimum absolute atomic E-state index is 0.0395. The van der Waals surface area contributed by atoms with Crippen LogP contribution in [0.25, 0.3) is 11.2 Å². The zero-order chi connectivity index (χ0) is 41.6. The molecule has 2 atom stereocenters. The van der Waals surface area contributed by atoms with Crippen molar-refractivity contribution < 1.29 is 42.8 Å². The van der Waals surface area contributed by atoms with Crippen LogP contribution in [0.1, 0.15) is 45.5 Å². The van der Waals surface area contributed by atoms with Gasteiger partial charge in [-0.15, -0.1) is 16.7 Å². The van der Waals surface area contributed by atoms with Crippen molar-refractivity contribution in [2.75, 3.05) is 45.4 Å². The van der Waals surface area contributed by atoms with E-state index in [1.165, 1.54) is 16.7 Å². The number of hydrogen-bond acceptors (Lipinski definition) is 15. The number of pyridine rings is 1. The Labute approximate surface area is 343 Å². The molecule has 3 amide bonds. The highest BCUT2D eigenvalue weighted by molar-refractivity contribution is 8.00. The molecule has 0 aliphatic carbocycles. The van der Waals surface area contributed by atoms with Crippen LogP contribution in [0.2, 0.25) is 0 Å². The number of hydrogen-bond donors (Lipinski definition) is 2. The Morgan fingerprint density at radius 3 is 2.62 bits per heavy atom. The van der Waals surface area contributed by atoms with Gasteiger partial charge in [-0.3, -0.25) is 24.4 Å². The van der Waals surface area contributed by atoms with E-state index in [1.54, 1.807) is 65.3 Å². The first-order valence-electron chi connectivity index (χ1n) is 18.6. The molecule has 20 heteroatoms. The highest BCUT2D eigenvalue weighted by atomic mass is 32.2. The van der Waals surface area contributed by atoms with Crippen molar-refractivity contribution >= 4 is 69.2 Å². The predicted molar refractivity (Wildman–Crippen MR) is 216 cm³/mol. The fourth-order valence-corrected chi connectivity index (χ4v) is 8.08. The molecule has 1 saturated heterocycles. The van der Waals surface area contributed by atoms with Crippen LogP contribution in [0, 0.1) is 0 Å². The third-order valence-electron chi connectivity index (χ3n) is 8.79. The fourth-order valence-electron chi connectivity index (χ4n) is 6.19. The van der Waals surface area contributed by atoms with Crippen molar-refractivity contribution in [1.82, 2.24) is 34.0 Å². The number of anilines is 1. The van der Waals surface area contributed by atoms with Gasteiger partial charge in [0.2, 0.25) is 16.7 Å². The van der Waals surface area contributed by atoms with Crippen LogP contribution in [-0.4, -0.2) is 115 Å². The first-order valence-corrected chi connectivity index (χ1v) is 20.4. The van der Waals surface area contributed by atoms with Crippen LogP contribution in [0.3, 0.4) is 0 Å². The van der Waals surface area contributed by atoms with E-state index in [0.29, 0.717) is 17.1 Å². The summed E-state index contributed by atoms with van der Waals surface area (Å²) >= 11 is 2.22. The van der Waals surface area contributed by atoms with E-state index >= 15 is 0 Å². The average Bonchev–Trinajstić information content (AvgIpc) is 3.79. The molecule has 6 rings (SSSR count).